The van der Waals surface area contributed by atoms with Crippen molar-refractivity contribution in [1.29, 1.82) is 0 Å². The van der Waals surface area contributed by atoms with Crippen molar-refractivity contribution in [2.75, 3.05) is 4.90 Å². The SMILES string of the molecule is c1ccc(-c2cc3ccccc3c3c2oc2cc(N(c4ccccc4)c4cccc5c4-c4ccccc4C54c5ccccc5-c5ccccc54)ccc23)cc1. The molecule has 1 heterocycles. The minimum absolute atomic E-state index is 0.422. The Kier molecular flexibility index (Phi) is 6.29. The first-order valence-corrected chi connectivity index (χ1v) is 19.0. The van der Waals surface area contributed by atoms with E-state index in [1.165, 1.54) is 55.3 Å². The van der Waals surface area contributed by atoms with Crippen LogP contribution in [0.1, 0.15) is 22.3 Å². The molecule has 2 nitrogen and oxygen atoms in total. The van der Waals surface area contributed by atoms with Gasteiger partial charge in [-0.15, -0.1) is 0 Å². The van der Waals surface area contributed by atoms with Crippen LogP contribution in [0.5, 0.6) is 0 Å². The molecule has 0 bridgehead atoms. The fourth-order valence-electron chi connectivity index (χ4n) is 9.90. The van der Waals surface area contributed by atoms with Crippen LogP contribution in [0.4, 0.5) is 17.1 Å². The summed E-state index contributed by atoms with van der Waals surface area (Å²) in [5.74, 6) is 0. The first-order valence-electron chi connectivity index (χ1n) is 19.0. The normalized spacial score (nSPS) is 13.2. The zero-order chi connectivity index (χ0) is 36.1. The lowest BCUT2D eigenvalue weighted by molar-refractivity contribution is 0.670. The van der Waals surface area contributed by atoms with Gasteiger partial charge in [-0.3, -0.25) is 0 Å². The second-order valence-electron chi connectivity index (χ2n) is 14.8. The lowest BCUT2D eigenvalue weighted by Crippen LogP contribution is -2.26. The molecular formula is C53H33NO. The number of nitrogens with zero attached hydrogens (tertiary/aromatic N) is 1. The van der Waals surface area contributed by atoms with Crippen molar-refractivity contribution in [3.8, 4) is 33.4 Å². The molecule has 2 heteroatoms. The Morgan fingerprint density at radius 3 is 1.75 bits per heavy atom. The van der Waals surface area contributed by atoms with E-state index in [4.69, 9.17) is 4.42 Å². The fraction of sp³-hybridized carbons (Fsp3) is 0.0189. The van der Waals surface area contributed by atoms with E-state index in [-0.39, 0.29) is 0 Å². The number of furan rings is 1. The summed E-state index contributed by atoms with van der Waals surface area (Å²) >= 11 is 0. The molecule has 0 atom stereocenters. The Morgan fingerprint density at radius 2 is 1.00 bits per heavy atom. The fourth-order valence-corrected chi connectivity index (χ4v) is 9.90. The molecule has 0 N–H and O–H groups in total. The van der Waals surface area contributed by atoms with E-state index in [2.05, 4.69) is 205 Å². The summed E-state index contributed by atoms with van der Waals surface area (Å²) in [5, 5.41) is 4.67. The highest BCUT2D eigenvalue weighted by molar-refractivity contribution is 6.23. The van der Waals surface area contributed by atoms with E-state index in [0.29, 0.717) is 0 Å². The van der Waals surface area contributed by atoms with Crippen LogP contribution in [0.25, 0.3) is 66.1 Å². The van der Waals surface area contributed by atoms with Gasteiger partial charge in [0, 0.05) is 39.3 Å². The number of benzene rings is 9. The standard InChI is InChI=1S/C53H33NO/c1-3-16-34(17-4-1)43-32-35-18-7-8-21-38(35)50-42-31-30-37(33-49(42)55-52(43)50)54(36-19-5-2-6-20-36)48-29-15-28-47-51(48)41-24-11-14-27-46(41)53(47)44-25-12-9-22-39(44)40-23-10-13-26-45(40)53/h1-33H. The molecule has 0 aliphatic heterocycles. The highest BCUT2D eigenvalue weighted by atomic mass is 16.3. The van der Waals surface area contributed by atoms with Gasteiger partial charge in [0.25, 0.3) is 0 Å². The van der Waals surface area contributed by atoms with Gasteiger partial charge in [0.2, 0.25) is 0 Å². The number of hydrogen-bond donors (Lipinski definition) is 0. The molecule has 0 fully saturated rings. The molecule has 1 spiro atoms. The molecule has 0 unspecified atom stereocenters. The molecular weight excluding hydrogens is 667 g/mol. The third-order valence-corrected chi connectivity index (χ3v) is 12.0. The average molecular weight is 700 g/mol. The summed E-state index contributed by atoms with van der Waals surface area (Å²) in [5.41, 5.74) is 17.4. The van der Waals surface area contributed by atoms with Gasteiger partial charge in [0.1, 0.15) is 11.2 Å². The minimum Gasteiger partial charge on any atom is -0.455 e. The highest BCUT2D eigenvalue weighted by Gasteiger charge is 2.52. The third-order valence-electron chi connectivity index (χ3n) is 12.0. The molecule has 12 rings (SSSR count). The second kappa shape index (κ2) is 11.4. The van der Waals surface area contributed by atoms with Crippen LogP contribution in [0, 0.1) is 0 Å². The van der Waals surface area contributed by atoms with Gasteiger partial charge in [-0.05, 0) is 91.7 Å². The Morgan fingerprint density at radius 1 is 0.400 bits per heavy atom. The van der Waals surface area contributed by atoms with Crippen molar-refractivity contribution in [3.05, 3.63) is 222 Å². The van der Waals surface area contributed by atoms with Crippen LogP contribution < -0.4 is 4.90 Å². The first kappa shape index (κ1) is 30.3. The van der Waals surface area contributed by atoms with Gasteiger partial charge in [-0.25, -0.2) is 0 Å². The number of hydrogen-bond acceptors (Lipinski definition) is 2. The second-order valence-corrected chi connectivity index (χ2v) is 14.8. The molecule has 2 aliphatic carbocycles. The Balaban J connectivity index is 1.14. The van der Waals surface area contributed by atoms with Crippen molar-refractivity contribution in [2.24, 2.45) is 0 Å². The van der Waals surface area contributed by atoms with E-state index in [9.17, 15) is 0 Å². The Bertz CT molecular complexity index is 3110. The van der Waals surface area contributed by atoms with Crippen molar-refractivity contribution < 1.29 is 4.42 Å². The highest BCUT2D eigenvalue weighted by Crippen LogP contribution is 2.64. The smallest absolute Gasteiger partial charge is 0.143 e. The maximum Gasteiger partial charge on any atom is 0.143 e. The Labute approximate surface area is 319 Å². The van der Waals surface area contributed by atoms with Crippen molar-refractivity contribution in [2.45, 2.75) is 5.41 Å². The maximum absolute atomic E-state index is 6.99. The topological polar surface area (TPSA) is 16.4 Å². The van der Waals surface area contributed by atoms with E-state index < -0.39 is 5.41 Å². The summed E-state index contributed by atoms with van der Waals surface area (Å²) in [6, 6.07) is 73.0. The molecule has 0 saturated carbocycles. The summed E-state index contributed by atoms with van der Waals surface area (Å²) in [4.78, 5) is 2.42. The van der Waals surface area contributed by atoms with Crippen LogP contribution in [0.15, 0.2) is 205 Å². The molecule has 10 aromatic rings. The van der Waals surface area contributed by atoms with Gasteiger partial charge in [-0.1, -0.05) is 158 Å². The monoisotopic (exact) mass is 699 g/mol. The molecule has 2 aliphatic rings. The molecule has 0 saturated heterocycles. The molecule has 256 valence electrons. The Hall–Kier alpha value is -7.16. The van der Waals surface area contributed by atoms with Gasteiger partial charge in [0.15, 0.2) is 0 Å². The minimum atomic E-state index is -0.422. The maximum atomic E-state index is 6.99. The number of rotatable bonds is 4. The number of fused-ring (bicyclic) bond motifs is 15. The first-order chi connectivity index (χ1) is 27.3. The molecule has 9 aromatic carbocycles. The van der Waals surface area contributed by atoms with Crippen LogP contribution >= 0.6 is 0 Å². The molecule has 1 aromatic heterocycles. The summed E-state index contributed by atoms with van der Waals surface area (Å²) in [7, 11) is 0. The zero-order valence-electron chi connectivity index (χ0n) is 29.9. The summed E-state index contributed by atoms with van der Waals surface area (Å²) < 4.78 is 6.99. The number of anilines is 3. The average Bonchev–Trinajstić information content (AvgIpc) is 3.89. The largest absolute Gasteiger partial charge is 0.455 e. The quantitative estimate of drug-likeness (QED) is 0.182. The van der Waals surface area contributed by atoms with Gasteiger partial charge in [0.05, 0.1) is 11.1 Å². The van der Waals surface area contributed by atoms with Crippen molar-refractivity contribution in [1.82, 2.24) is 0 Å². The van der Waals surface area contributed by atoms with Gasteiger partial charge < -0.3 is 9.32 Å². The summed E-state index contributed by atoms with van der Waals surface area (Å²) in [6.45, 7) is 0. The lowest BCUT2D eigenvalue weighted by atomic mass is 9.70. The van der Waals surface area contributed by atoms with Gasteiger partial charge in [-0.2, -0.15) is 0 Å². The third kappa shape index (κ3) is 4.08. The van der Waals surface area contributed by atoms with E-state index in [0.717, 1.165) is 50.1 Å². The predicted octanol–water partition coefficient (Wildman–Crippen LogP) is 14.2. The van der Waals surface area contributed by atoms with Gasteiger partial charge >= 0.3 is 0 Å². The molecule has 0 amide bonds. The predicted molar refractivity (Wildman–Crippen MR) is 228 cm³/mol. The zero-order valence-corrected chi connectivity index (χ0v) is 29.9. The molecule has 0 radical (unpaired) electrons. The van der Waals surface area contributed by atoms with Crippen molar-refractivity contribution >= 4 is 49.8 Å². The van der Waals surface area contributed by atoms with Crippen LogP contribution in [0.3, 0.4) is 0 Å². The van der Waals surface area contributed by atoms with E-state index >= 15 is 0 Å². The van der Waals surface area contributed by atoms with E-state index in [1.54, 1.807) is 0 Å². The van der Waals surface area contributed by atoms with E-state index in [1.807, 2.05) is 0 Å². The number of para-hydroxylation sites is 1. The van der Waals surface area contributed by atoms with Crippen molar-refractivity contribution in [3.63, 3.8) is 0 Å². The van der Waals surface area contributed by atoms with Crippen LogP contribution in [0.2, 0.25) is 0 Å². The summed E-state index contributed by atoms with van der Waals surface area (Å²) in [6.07, 6.45) is 0. The molecule has 55 heavy (non-hydrogen) atoms. The van der Waals surface area contributed by atoms with Crippen LogP contribution in [-0.2, 0) is 5.41 Å². The van der Waals surface area contributed by atoms with Crippen LogP contribution in [-0.4, -0.2) is 0 Å². The lowest BCUT2D eigenvalue weighted by Gasteiger charge is -2.31.